The second-order valence-corrected chi connectivity index (χ2v) is 10.2. The Balaban J connectivity index is 2.86. The second kappa shape index (κ2) is 16.6. The summed E-state index contributed by atoms with van der Waals surface area (Å²) < 4.78 is 10.0. The number of alkyl carbamates (subject to hydrolysis) is 1. The van der Waals surface area contributed by atoms with Gasteiger partial charge in [-0.1, -0.05) is 48.0 Å². The molecule has 0 saturated carbocycles. The van der Waals surface area contributed by atoms with E-state index in [0.29, 0.717) is 32.2 Å². The number of nitrogens with one attached hydrogen (secondary N) is 3. The topological polar surface area (TPSA) is 160 Å². The van der Waals surface area contributed by atoms with Gasteiger partial charge in [0, 0.05) is 6.54 Å². The molecule has 1 heterocycles. The zero-order chi connectivity index (χ0) is 28.8. The molecule has 3 atom stereocenters. The number of carbonyl (C=O) groups is 6. The van der Waals surface area contributed by atoms with Crippen molar-refractivity contribution in [3.8, 4) is 0 Å². The molecular weight excluding hydrogens is 496 g/mol. The highest BCUT2D eigenvalue weighted by molar-refractivity contribution is 6.38. The SMILES string of the molecule is CCCOC(=O)CNC(=O)C(=O)C(CCC)NC(=O)C1CCCN1C(=O)C(NC(=O)OCC(C)C)C(C)C. The number of rotatable bonds is 15. The van der Waals surface area contributed by atoms with Gasteiger partial charge in [-0.25, -0.2) is 4.79 Å². The van der Waals surface area contributed by atoms with Gasteiger partial charge in [0.05, 0.1) is 19.3 Å². The lowest BCUT2D eigenvalue weighted by atomic mass is 10.0. The molecule has 0 aromatic carbocycles. The first kappa shape index (κ1) is 32.8. The smallest absolute Gasteiger partial charge is 0.407 e. The van der Waals surface area contributed by atoms with Crippen molar-refractivity contribution in [2.45, 2.75) is 91.8 Å². The maximum atomic E-state index is 13.4. The van der Waals surface area contributed by atoms with Crippen LogP contribution in [0.5, 0.6) is 0 Å². The van der Waals surface area contributed by atoms with Crippen molar-refractivity contribution in [2.24, 2.45) is 11.8 Å². The zero-order valence-corrected chi connectivity index (χ0v) is 23.5. The lowest BCUT2D eigenvalue weighted by Crippen LogP contribution is -2.57. The molecule has 1 saturated heterocycles. The minimum Gasteiger partial charge on any atom is -0.464 e. The van der Waals surface area contributed by atoms with Gasteiger partial charge in [0.25, 0.3) is 5.91 Å². The Morgan fingerprint density at radius 3 is 2.21 bits per heavy atom. The number of ether oxygens (including phenoxy) is 2. The Hall–Kier alpha value is -3.18. The van der Waals surface area contributed by atoms with Gasteiger partial charge in [0.15, 0.2) is 0 Å². The van der Waals surface area contributed by atoms with E-state index in [9.17, 15) is 28.8 Å². The Labute approximate surface area is 224 Å². The highest BCUT2D eigenvalue weighted by Gasteiger charge is 2.40. The minimum absolute atomic E-state index is 0.136. The highest BCUT2D eigenvalue weighted by Crippen LogP contribution is 2.21. The third kappa shape index (κ3) is 10.7. The standard InChI is InChI=1S/C26H44N4O8/c1-7-10-18(22(32)24(34)27-14-20(31)37-13-8-2)28-23(33)19-11-9-12-30(19)25(35)21(17(5)6)29-26(36)38-15-16(3)4/h16-19,21H,7-15H2,1-6H3,(H,27,34)(H,28,33)(H,29,36). The van der Waals surface area contributed by atoms with Gasteiger partial charge in [-0.2, -0.15) is 0 Å². The van der Waals surface area contributed by atoms with Gasteiger partial charge >= 0.3 is 12.1 Å². The lowest BCUT2D eigenvalue weighted by Gasteiger charge is -2.31. The van der Waals surface area contributed by atoms with Crippen molar-refractivity contribution < 1.29 is 38.2 Å². The van der Waals surface area contributed by atoms with Crippen molar-refractivity contribution >= 4 is 35.6 Å². The van der Waals surface area contributed by atoms with Crippen LogP contribution in [0.15, 0.2) is 0 Å². The number of Topliss-reactive ketones (excluding diaryl/α,β-unsaturated/α-hetero) is 1. The number of likely N-dealkylation sites (tertiary alicyclic amines) is 1. The molecule has 0 aromatic heterocycles. The molecular formula is C26H44N4O8. The van der Waals surface area contributed by atoms with E-state index in [1.807, 2.05) is 20.8 Å². The van der Waals surface area contributed by atoms with Gasteiger partial charge in [0.2, 0.25) is 17.6 Å². The third-order valence-electron chi connectivity index (χ3n) is 5.89. The minimum atomic E-state index is -1.11. The van der Waals surface area contributed by atoms with E-state index in [1.54, 1.807) is 20.8 Å². The van der Waals surface area contributed by atoms with Crippen LogP contribution in [0, 0.1) is 11.8 Å². The maximum Gasteiger partial charge on any atom is 0.407 e. The second-order valence-electron chi connectivity index (χ2n) is 10.2. The summed E-state index contributed by atoms with van der Waals surface area (Å²) in [6, 6.07) is -2.85. The van der Waals surface area contributed by atoms with Crippen LogP contribution >= 0.6 is 0 Å². The molecule has 1 fully saturated rings. The summed E-state index contributed by atoms with van der Waals surface area (Å²) in [4.78, 5) is 76.8. The summed E-state index contributed by atoms with van der Waals surface area (Å²) in [7, 11) is 0. The monoisotopic (exact) mass is 540 g/mol. The number of nitrogens with zero attached hydrogens (tertiary/aromatic N) is 1. The van der Waals surface area contributed by atoms with Crippen molar-refractivity contribution in [1.82, 2.24) is 20.9 Å². The van der Waals surface area contributed by atoms with Gasteiger partial charge in [-0.05, 0) is 37.5 Å². The fourth-order valence-corrected chi connectivity index (χ4v) is 3.90. The molecule has 0 bridgehead atoms. The normalized spacial score (nSPS) is 16.5. The Bertz CT molecular complexity index is 845. The third-order valence-corrected chi connectivity index (χ3v) is 5.89. The summed E-state index contributed by atoms with van der Waals surface area (Å²) in [6.45, 7) is 11.3. The van der Waals surface area contributed by atoms with Crippen LogP contribution < -0.4 is 16.0 Å². The molecule has 38 heavy (non-hydrogen) atoms. The molecule has 0 aliphatic carbocycles. The summed E-state index contributed by atoms with van der Waals surface area (Å²) in [5.74, 6) is -3.64. The Morgan fingerprint density at radius 1 is 0.947 bits per heavy atom. The number of esters is 1. The van der Waals surface area contributed by atoms with Crippen LogP contribution in [0.3, 0.4) is 0 Å². The first-order valence-corrected chi connectivity index (χ1v) is 13.4. The van der Waals surface area contributed by atoms with E-state index >= 15 is 0 Å². The van der Waals surface area contributed by atoms with E-state index in [-0.39, 0.29) is 31.5 Å². The molecule has 0 radical (unpaired) electrons. The predicted molar refractivity (Wildman–Crippen MR) is 139 cm³/mol. The summed E-state index contributed by atoms with van der Waals surface area (Å²) >= 11 is 0. The van der Waals surface area contributed by atoms with Crippen LogP contribution in [0.2, 0.25) is 0 Å². The van der Waals surface area contributed by atoms with Crippen molar-refractivity contribution in [3.05, 3.63) is 0 Å². The van der Waals surface area contributed by atoms with Crippen LogP contribution in [0.25, 0.3) is 0 Å². The average Bonchev–Trinajstić information content (AvgIpc) is 3.36. The summed E-state index contributed by atoms with van der Waals surface area (Å²) in [5.41, 5.74) is 0. The van der Waals surface area contributed by atoms with E-state index in [1.165, 1.54) is 4.90 Å². The first-order chi connectivity index (χ1) is 17.9. The van der Waals surface area contributed by atoms with Crippen LogP contribution in [-0.2, 0) is 33.4 Å². The number of ketones is 1. The molecule has 216 valence electrons. The lowest BCUT2D eigenvalue weighted by molar-refractivity contribution is -0.146. The fourth-order valence-electron chi connectivity index (χ4n) is 3.90. The predicted octanol–water partition coefficient (Wildman–Crippen LogP) is 1.31. The number of hydrogen-bond donors (Lipinski definition) is 3. The van der Waals surface area contributed by atoms with Crippen LogP contribution in [0.1, 0.15) is 73.6 Å². The molecule has 1 aliphatic rings. The molecule has 0 spiro atoms. The number of carbonyl (C=O) groups excluding carboxylic acids is 6. The number of amides is 4. The molecule has 1 rings (SSSR count). The van der Waals surface area contributed by atoms with Crippen LogP contribution in [-0.4, -0.2) is 84.9 Å². The van der Waals surface area contributed by atoms with Gasteiger partial charge in [0.1, 0.15) is 18.6 Å². The summed E-state index contributed by atoms with van der Waals surface area (Å²) in [5, 5.41) is 7.46. The van der Waals surface area contributed by atoms with Gasteiger partial charge in [-0.3, -0.25) is 24.0 Å². The first-order valence-electron chi connectivity index (χ1n) is 13.4. The molecule has 12 heteroatoms. The molecule has 12 nitrogen and oxygen atoms in total. The molecule has 4 amide bonds. The zero-order valence-electron chi connectivity index (χ0n) is 23.5. The maximum absolute atomic E-state index is 13.4. The van der Waals surface area contributed by atoms with E-state index < -0.39 is 60.2 Å². The van der Waals surface area contributed by atoms with Crippen molar-refractivity contribution in [1.29, 1.82) is 0 Å². The number of hydrogen-bond acceptors (Lipinski definition) is 8. The Morgan fingerprint density at radius 2 is 1.63 bits per heavy atom. The van der Waals surface area contributed by atoms with Gasteiger partial charge in [-0.15, -0.1) is 0 Å². The molecule has 1 aliphatic heterocycles. The van der Waals surface area contributed by atoms with Crippen molar-refractivity contribution in [3.63, 3.8) is 0 Å². The average molecular weight is 541 g/mol. The highest BCUT2D eigenvalue weighted by atomic mass is 16.5. The molecule has 0 aromatic rings. The Kier molecular flexibility index (Phi) is 14.4. The van der Waals surface area contributed by atoms with E-state index in [4.69, 9.17) is 9.47 Å². The quantitative estimate of drug-likeness (QED) is 0.207. The fraction of sp³-hybridized carbons (Fsp3) is 0.769. The van der Waals surface area contributed by atoms with Crippen molar-refractivity contribution in [2.75, 3.05) is 26.3 Å². The summed E-state index contributed by atoms with van der Waals surface area (Å²) in [6.07, 6.45) is 1.58. The molecule has 3 unspecified atom stereocenters. The largest absolute Gasteiger partial charge is 0.464 e. The molecule has 3 N–H and O–H groups in total. The van der Waals surface area contributed by atoms with E-state index in [2.05, 4.69) is 16.0 Å². The van der Waals surface area contributed by atoms with E-state index in [0.717, 1.165) is 0 Å². The van der Waals surface area contributed by atoms with Gasteiger partial charge < -0.3 is 30.3 Å². The van der Waals surface area contributed by atoms with Crippen LogP contribution in [0.4, 0.5) is 4.79 Å².